The first-order valence-electron chi connectivity index (χ1n) is 2.25. The van der Waals surface area contributed by atoms with Crippen LogP contribution in [-0.2, 0) is 9.47 Å². The van der Waals surface area contributed by atoms with Gasteiger partial charge in [0.05, 0.1) is 0 Å². The van der Waals surface area contributed by atoms with Crippen molar-refractivity contribution in [3.8, 4) is 0 Å². The lowest BCUT2D eigenvalue weighted by atomic mass is 10.6. The summed E-state index contributed by atoms with van der Waals surface area (Å²) in [6.07, 6.45) is -0.0764. The van der Waals surface area contributed by atoms with E-state index in [-0.39, 0.29) is 6.29 Å². The summed E-state index contributed by atoms with van der Waals surface area (Å²) in [5.41, 5.74) is 0. The van der Waals surface area contributed by atoms with Gasteiger partial charge in [-0.1, -0.05) is 6.58 Å². The second-order valence-electron chi connectivity index (χ2n) is 1.54. The van der Waals surface area contributed by atoms with Crippen molar-refractivity contribution in [1.82, 2.24) is 0 Å². The molecule has 0 aromatic heterocycles. The minimum absolute atomic E-state index is 0.0764. The number of hydrogen-bond acceptors (Lipinski definition) is 2. The van der Waals surface area contributed by atoms with Gasteiger partial charge in [0.15, 0.2) is 6.29 Å². The highest BCUT2D eigenvalue weighted by atomic mass is 16.7. The Hall–Kier alpha value is -0.500. The van der Waals surface area contributed by atoms with Gasteiger partial charge in [-0.3, -0.25) is 0 Å². The van der Waals surface area contributed by atoms with Crippen molar-refractivity contribution in [1.29, 1.82) is 0 Å². The van der Waals surface area contributed by atoms with Crippen LogP contribution in [0.4, 0.5) is 0 Å². The fourth-order valence-corrected chi connectivity index (χ4v) is 0.513. The Balaban J connectivity index is 2.40. The molecule has 1 atom stereocenters. The van der Waals surface area contributed by atoms with Crippen molar-refractivity contribution in [2.75, 3.05) is 6.61 Å². The Morgan fingerprint density at radius 3 is 2.71 bits per heavy atom. The van der Waals surface area contributed by atoms with Gasteiger partial charge in [0, 0.05) is 0 Å². The summed E-state index contributed by atoms with van der Waals surface area (Å²) in [5.74, 6) is 0.729. The van der Waals surface area contributed by atoms with Gasteiger partial charge in [-0.15, -0.1) is 0 Å². The highest BCUT2D eigenvalue weighted by Gasteiger charge is 2.12. The molecule has 1 aliphatic heterocycles. The van der Waals surface area contributed by atoms with Crippen molar-refractivity contribution in [3.63, 3.8) is 0 Å². The molecular weight excluding hydrogens is 92.1 g/mol. The van der Waals surface area contributed by atoms with Gasteiger partial charge in [-0.25, -0.2) is 0 Å². The molecule has 0 amide bonds. The van der Waals surface area contributed by atoms with Crippen LogP contribution in [0.25, 0.3) is 0 Å². The van der Waals surface area contributed by atoms with Gasteiger partial charge in [-0.2, -0.15) is 0 Å². The third kappa shape index (κ3) is 0.933. The molecule has 1 rings (SSSR count). The molecule has 1 saturated heterocycles. The normalized spacial score (nSPS) is 30.4. The minimum atomic E-state index is -0.0764. The molecule has 0 aliphatic carbocycles. The average molecular weight is 100 g/mol. The maximum absolute atomic E-state index is 4.94. The van der Waals surface area contributed by atoms with Crippen LogP contribution in [0.2, 0.25) is 0 Å². The van der Waals surface area contributed by atoms with Crippen LogP contribution >= 0.6 is 0 Å². The lowest BCUT2D eigenvalue weighted by Crippen LogP contribution is -1.97. The van der Waals surface area contributed by atoms with E-state index in [4.69, 9.17) is 9.47 Å². The molecule has 2 heteroatoms. The fraction of sp³-hybridized carbons (Fsp3) is 0.600. The number of hydrogen-bond donors (Lipinski definition) is 0. The first-order chi connectivity index (χ1) is 3.29. The fourth-order valence-electron chi connectivity index (χ4n) is 0.513. The standard InChI is InChI=1S/C5H8O2/c1-4-3-6-5(2)7-4/h5H,1,3H2,2H3. The largest absolute Gasteiger partial charge is 0.468 e. The van der Waals surface area contributed by atoms with E-state index in [0.29, 0.717) is 6.61 Å². The van der Waals surface area contributed by atoms with Gasteiger partial charge < -0.3 is 9.47 Å². The molecule has 0 aromatic rings. The van der Waals surface area contributed by atoms with Crippen LogP contribution in [0.15, 0.2) is 12.3 Å². The second kappa shape index (κ2) is 1.54. The topological polar surface area (TPSA) is 18.5 Å². The SMILES string of the molecule is C=C1COC(C)O1. The minimum Gasteiger partial charge on any atom is -0.468 e. The molecule has 2 nitrogen and oxygen atoms in total. The molecule has 1 heterocycles. The van der Waals surface area contributed by atoms with Crippen LogP contribution in [-0.4, -0.2) is 12.9 Å². The van der Waals surface area contributed by atoms with E-state index >= 15 is 0 Å². The van der Waals surface area contributed by atoms with Crippen molar-refractivity contribution >= 4 is 0 Å². The summed E-state index contributed by atoms with van der Waals surface area (Å²) in [5, 5.41) is 0. The predicted molar refractivity (Wildman–Crippen MR) is 25.6 cm³/mol. The molecule has 0 spiro atoms. The Kier molecular flexibility index (Phi) is 1.02. The molecule has 0 N–H and O–H groups in total. The van der Waals surface area contributed by atoms with E-state index < -0.39 is 0 Å². The Morgan fingerprint density at radius 1 is 1.86 bits per heavy atom. The zero-order valence-corrected chi connectivity index (χ0v) is 4.31. The molecule has 0 radical (unpaired) electrons. The second-order valence-corrected chi connectivity index (χ2v) is 1.54. The number of ether oxygens (including phenoxy) is 2. The van der Waals surface area contributed by atoms with Crippen molar-refractivity contribution in [2.24, 2.45) is 0 Å². The van der Waals surface area contributed by atoms with E-state index in [0.717, 1.165) is 5.76 Å². The summed E-state index contributed by atoms with van der Waals surface area (Å²) >= 11 is 0. The first kappa shape index (κ1) is 4.65. The van der Waals surface area contributed by atoms with Crippen LogP contribution in [0.5, 0.6) is 0 Å². The van der Waals surface area contributed by atoms with Crippen LogP contribution < -0.4 is 0 Å². The van der Waals surface area contributed by atoms with E-state index in [1.54, 1.807) is 0 Å². The zero-order chi connectivity index (χ0) is 5.28. The van der Waals surface area contributed by atoms with Crippen LogP contribution in [0.3, 0.4) is 0 Å². The maximum atomic E-state index is 4.94. The van der Waals surface area contributed by atoms with Gasteiger partial charge in [-0.05, 0) is 6.92 Å². The van der Waals surface area contributed by atoms with Crippen molar-refractivity contribution in [2.45, 2.75) is 13.2 Å². The highest BCUT2D eigenvalue weighted by Crippen LogP contribution is 2.10. The molecule has 7 heavy (non-hydrogen) atoms. The monoisotopic (exact) mass is 100 g/mol. The van der Waals surface area contributed by atoms with Crippen LogP contribution in [0.1, 0.15) is 6.92 Å². The summed E-state index contributed by atoms with van der Waals surface area (Å²) in [6, 6.07) is 0. The summed E-state index contributed by atoms with van der Waals surface area (Å²) in [6.45, 7) is 5.96. The average Bonchev–Trinajstić information content (AvgIpc) is 1.87. The van der Waals surface area contributed by atoms with Crippen molar-refractivity contribution in [3.05, 3.63) is 12.3 Å². The van der Waals surface area contributed by atoms with Gasteiger partial charge >= 0.3 is 0 Å². The molecule has 0 bridgehead atoms. The first-order valence-corrected chi connectivity index (χ1v) is 2.25. The summed E-state index contributed by atoms with van der Waals surface area (Å²) in [7, 11) is 0. The molecule has 1 aliphatic rings. The summed E-state index contributed by atoms with van der Waals surface area (Å²) in [4.78, 5) is 0. The lowest BCUT2D eigenvalue weighted by molar-refractivity contribution is -0.0152. The van der Waals surface area contributed by atoms with Gasteiger partial charge in [0.1, 0.15) is 12.4 Å². The molecular formula is C5H8O2. The quantitative estimate of drug-likeness (QED) is 0.450. The summed E-state index contributed by atoms with van der Waals surface area (Å²) < 4.78 is 9.89. The van der Waals surface area contributed by atoms with Gasteiger partial charge in [0.25, 0.3) is 0 Å². The Labute approximate surface area is 42.7 Å². The molecule has 1 fully saturated rings. The van der Waals surface area contributed by atoms with E-state index in [1.807, 2.05) is 6.92 Å². The van der Waals surface area contributed by atoms with E-state index in [2.05, 4.69) is 6.58 Å². The van der Waals surface area contributed by atoms with Gasteiger partial charge in [0.2, 0.25) is 0 Å². The lowest BCUT2D eigenvalue weighted by Gasteiger charge is -1.97. The molecule has 1 unspecified atom stereocenters. The van der Waals surface area contributed by atoms with E-state index in [9.17, 15) is 0 Å². The van der Waals surface area contributed by atoms with Crippen molar-refractivity contribution < 1.29 is 9.47 Å². The third-order valence-electron chi connectivity index (χ3n) is 0.812. The number of rotatable bonds is 0. The molecule has 40 valence electrons. The maximum Gasteiger partial charge on any atom is 0.197 e. The molecule has 0 aromatic carbocycles. The Morgan fingerprint density at radius 2 is 2.57 bits per heavy atom. The zero-order valence-electron chi connectivity index (χ0n) is 4.31. The van der Waals surface area contributed by atoms with Crippen LogP contribution in [0, 0.1) is 0 Å². The third-order valence-corrected chi connectivity index (χ3v) is 0.812. The molecule has 0 saturated carbocycles. The Bertz CT molecular complexity index is 88.1. The highest BCUT2D eigenvalue weighted by molar-refractivity contribution is 4.85. The smallest absolute Gasteiger partial charge is 0.197 e. The van der Waals surface area contributed by atoms with E-state index in [1.165, 1.54) is 0 Å². The predicted octanol–water partition coefficient (Wildman–Crippen LogP) is 0.893.